The van der Waals surface area contributed by atoms with Gasteiger partial charge in [0.15, 0.2) is 5.78 Å². The lowest BCUT2D eigenvalue weighted by atomic mass is 10.1. The highest BCUT2D eigenvalue weighted by molar-refractivity contribution is 7.99. The van der Waals surface area contributed by atoms with E-state index in [0.717, 1.165) is 23.5 Å². The monoisotopic (exact) mass is 426 g/mol. The van der Waals surface area contributed by atoms with E-state index in [2.05, 4.69) is 61.7 Å². The van der Waals surface area contributed by atoms with Gasteiger partial charge in [0.25, 0.3) is 0 Å². The standard InChI is InChI=1S/C24H26O3S2/c1-3-21(25)10-7-14-28-22-11-5-8-19(17-22)16-20-9-6-12-23(18-20)29-15-13-27-24(26)4-2/h3-6,8-9,11-12,17-18H,1-2,7,10,13-16H2. The Bertz CT molecular complexity index is 776. The molecule has 2 rings (SSSR count). The van der Waals surface area contributed by atoms with Gasteiger partial charge in [-0.2, -0.15) is 0 Å². The summed E-state index contributed by atoms with van der Waals surface area (Å²) >= 11 is 3.45. The largest absolute Gasteiger partial charge is 0.462 e. The van der Waals surface area contributed by atoms with Crippen molar-refractivity contribution >= 4 is 35.3 Å². The number of benzene rings is 2. The van der Waals surface area contributed by atoms with Gasteiger partial charge in [-0.25, -0.2) is 4.79 Å². The van der Waals surface area contributed by atoms with Gasteiger partial charge in [0.1, 0.15) is 6.61 Å². The topological polar surface area (TPSA) is 43.4 Å². The molecule has 0 unspecified atom stereocenters. The van der Waals surface area contributed by atoms with Crippen LogP contribution in [0.1, 0.15) is 24.0 Å². The molecule has 3 nitrogen and oxygen atoms in total. The Morgan fingerprint density at radius 2 is 1.52 bits per heavy atom. The van der Waals surface area contributed by atoms with Gasteiger partial charge in [0.2, 0.25) is 0 Å². The summed E-state index contributed by atoms with van der Waals surface area (Å²) in [5.41, 5.74) is 2.51. The number of allylic oxidation sites excluding steroid dienone is 1. The molecule has 0 fully saturated rings. The molecule has 0 aliphatic carbocycles. The summed E-state index contributed by atoms with van der Waals surface area (Å²) < 4.78 is 5.01. The van der Waals surface area contributed by atoms with Crippen molar-refractivity contribution in [3.8, 4) is 0 Å². The summed E-state index contributed by atoms with van der Waals surface area (Å²) in [7, 11) is 0. The fourth-order valence-electron chi connectivity index (χ4n) is 2.63. The number of carbonyl (C=O) groups excluding carboxylic acids is 2. The third-order valence-electron chi connectivity index (χ3n) is 4.03. The van der Waals surface area contributed by atoms with Crippen LogP contribution in [0.5, 0.6) is 0 Å². The maximum Gasteiger partial charge on any atom is 0.330 e. The van der Waals surface area contributed by atoms with E-state index in [0.29, 0.717) is 18.8 Å². The second-order valence-electron chi connectivity index (χ2n) is 6.31. The number of ether oxygens (including phenoxy) is 1. The van der Waals surface area contributed by atoms with Crippen LogP contribution < -0.4 is 0 Å². The number of rotatable bonds is 13. The quantitative estimate of drug-likeness (QED) is 0.177. The van der Waals surface area contributed by atoms with Crippen molar-refractivity contribution in [3.63, 3.8) is 0 Å². The van der Waals surface area contributed by atoms with Gasteiger partial charge in [0, 0.05) is 28.0 Å². The minimum atomic E-state index is -0.385. The molecule has 0 spiro atoms. The van der Waals surface area contributed by atoms with Crippen LogP contribution in [-0.2, 0) is 20.7 Å². The van der Waals surface area contributed by atoms with Crippen molar-refractivity contribution in [2.75, 3.05) is 18.1 Å². The van der Waals surface area contributed by atoms with E-state index >= 15 is 0 Å². The molecule has 0 atom stereocenters. The van der Waals surface area contributed by atoms with Crippen molar-refractivity contribution in [2.45, 2.75) is 29.1 Å². The maximum absolute atomic E-state index is 11.3. The number of hydrogen-bond donors (Lipinski definition) is 0. The predicted octanol–water partition coefficient (Wildman–Crippen LogP) is 5.73. The van der Waals surface area contributed by atoms with Crippen molar-refractivity contribution in [3.05, 3.63) is 85.0 Å². The third kappa shape index (κ3) is 9.20. The SMILES string of the molecule is C=CC(=O)CCCSc1cccc(Cc2cccc(SCCOC(=O)C=C)c2)c1. The van der Waals surface area contributed by atoms with Gasteiger partial charge in [-0.15, -0.1) is 23.5 Å². The van der Waals surface area contributed by atoms with E-state index in [1.54, 1.807) is 23.5 Å². The Kier molecular flexibility index (Phi) is 10.4. The molecule has 0 aliphatic rings. The summed E-state index contributed by atoms with van der Waals surface area (Å²) in [6.07, 6.45) is 4.86. The Labute approximate surface area is 181 Å². The molecule has 5 heteroatoms. The van der Waals surface area contributed by atoms with E-state index in [9.17, 15) is 9.59 Å². The molecule has 2 aromatic carbocycles. The highest BCUT2D eigenvalue weighted by Crippen LogP contribution is 2.24. The van der Waals surface area contributed by atoms with Gasteiger partial charge in [-0.05, 0) is 60.1 Å². The Morgan fingerprint density at radius 3 is 2.10 bits per heavy atom. The summed E-state index contributed by atoms with van der Waals surface area (Å²) in [6, 6.07) is 17.0. The first-order valence-corrected chi connectivity index (χ1v) is 11.5. The van der Waals surface area contributed by atoms with E-state index in [4.69, 9.17) is 4.74 Å². The molecule has 152 valence electrons. The van der Waals surface area contributed by atoms with Crippen LogP contribution >= 0.6 is 23.5 Å². The van der Waals surface area contributed by atoms with Gasteiger partial charge >= 0.3 is 5.97 Å². The summed E-state index contributed by atoms with van der Waals surface area (Å²) in [6.45, 7) is 7.26. The normalized spacial score (nSPS) is 10.3. The lowest BCUT2D eigenvalue weighted by Gasteiger charge is -2.08. The Morgan fingerprint density at radius 1 is 0.897 bits per heavy atom. The minimum Gasteiger partial charge on any atom is -0.462 e. The maximum atomic E-state index is 11.3. The van der Waals surface area contributed by atoms with Crippen LogP contribution in [-0.4, -0.2) is 29.9 Å². The fourth-order valence-corrected chi connectivity index (χ4v) is 4.37. The number of hydrogen-bond acceptors (Lipinski definition) is 5. The van der Waals surface area contributed by atoms with Gasteiger partial charge in [0.05, 0.1) is 0 Å². The zero-order chi connectivity index (χ0) is 20.9. The van der Waals surface area contributed by atoms with Crippen LogP contribution in [0.15, 0.2) is 83.6 Å². The smallest absolute Gasteiger partial charge is 0.330 e. The fraction of sp³-hybridized carbons (Fsp3) is 0.250. The zero-order valence-corrected chi connectivity index (χ0v) is 18.1. The molecule has 0 heterocycles. The molecule has 0 amide bonds. The Hall–Kier alpha value is -2.24. The van der Waals surface area contributed by atoms with Crippen molar-refractivity contribution in [1.29, 1.82) is 0 Å². The lowest BCUT2D eigenvalue weighted by Crippen LogP contribution is -2.03. The average molecular weight is 427 g/mol. The molecular formula is C24H26O3S2. The first-order valence-electron chi connectivity index (χ1n) is 9.48. The molecular weight excluding hydrogens is 400 g/mol. The molecule has 29 heavy (non-hydrogen) atoms. The number of thioether (sulfide) groups is 2. The molecule has 0 saturated heterocycles. The van der Waals surface area contributed by atoms with Crippen LogP contribution in [0.2, 0.25) is 0 Å². The molecule has 0 bridgehead atoms. The van der Waals surface area contributed by atoms with E-state index in [1.807, 2.05) is 0 Å². The van der Waals surface area contributed by atoms with Gasteiger partial charge in [-0.3, -0.25) is 4.79 Å². The first-order chi connectivity index (χ1) is 14.1. The van der Waals surface area contributed by atoms with Crippen LogP contribution in [0.4, 0.5) is 0 Å². The highest BCUT2D eigenvalue weighted by atomic mass is 32.2. The Balaban J connectivity index is 1.84. The number of ketones is 1. The van der Waals surface area contributed by atoms with E-state index in [-0.39, 0.29) is 11.8 Å². The summed E-state index contributed by atoms with van der Waals surface area (Å²) in [5, 5.41) is 0. The molecule has 0 radical (unpaired) electrons. The van der Waals surface area contributed by atoms with Crippen LogP contribution in [0, 0.1) is 0 Å². The average Bonchev–Trinajstić information content (AvgIpc) is 2.74. The molecule has 0 aliphatic heterocycles. The summed E-state index contributed by atoms with van der Waals surface area (Å²) in [5.74, 6) is 1.36. The lowest BCUT2D eigenvalue weighted by molar-refractivity contribution is -0.137. The molecule has 0 N–H and O–H groups in total. The predicted molar refractivity (Wildman–Crippen MR) is 123 cm³/mol. The van der Waals surface area contributed by atoms with Crippen LogP contribution in [0.3, 0.4) is 0 Å². The van der Waals surface area contributed by atoms with Crippen molar-refractivity contribution in [1.82, 2.24) is 0 Å². The second kappa shape index (κ2) is 13.1. The number of carbonyl (C=O) groups is 2. The first kappa shape index (κ1) is 23.0. The van der Waals surface area contributed by atoms with Gasteiger partial charge < -0.3 is 4.74 Å². The van der Waals surface area contributed by atoms with Gasteiger partial charge in [-0.1, -0.05) is 37.4 Å². The minimum absolute atomic E-state index is 0.107. The summed E-state index contributed by atoms with van der Waals surface area (Å²) in [4.78, 5) is 24.7. The van der Waals surface area contributed by atoms with E-state index in [1.165, 1.54) is 28.2 Å². The van der Waals surface area contributed by atoms with Crippen molar-refractivity contribution < 1.29 is 14.3 Å². The zero-order valence-electron chi connectivity index (χ0n) is 16.5. The third-order valence-corrected chi connectivity index (χ3v) is 6.07. The number of esters is 1. The molecule has 2 aromatic rings. The second-order valence-corrected chi connectivity index (χ2v) is 8.65. The highest BCUT2D eigenvalue weighted by Gasteiger charge is 2.03. The molecule has 0 saturated carbocycles. The van der Waals surface area contributed by atoms with E-state index < -0.39 is 0 Å². The van der Waals surface area contributed by atoms with Crippen molar-refractivity contribution in [2.24, 2.45) is 0 Å². The van der Waals surface area contributed by atoms with Crippen LogP contribution in [0.25, 0.3) is 0 Å². The molecule has 0 aromatic heterocycles.